The van der Waals surface area contributed by atoms with Crippen LogP contribution in [0, 0.1) is 0 Å². The molecule has 0 spiro atoms. The Morgan fingerprint density at radius 2 is 0.732 bits per heavy atom. The Balaban J connectivity index is 0.929. The van der Waals surface area contributed by atoms with E-state index >= 15 is 0 Å². The number of benzene rings is 9. The Bertz CT molecular complexity index is 3010. The molecule has 0 amide bonds. The minimum atomic E-state index is 1.10. The van der Waals surface area contributed by atoms with Crippen LogP contribution in [0.4, 0.5) is 17.1 Å². The second kappa shape index (κ2) is 13.2. The summed E-state index contributed by atoms with van der Waals surface area (Å²) in [5, 5.41) is 3.91. The van der Waals surface area contributed by atoms with Crippen molar-refractivity contribution in [2.75, 3.05) is 4.90 Å². The molecule has 1 aliphatic rings. The van der Waals surface area contributed by atoms with Gasteiger partial charge in [0.05, 0.1) is 5.69 Å². The Morgan fingerprint density at radius 3 is 1.23 bits per heavy atom. The molecule has 0 unspecified atom stereocenters. The van der Waals surface area contributed by atoms with Crippen LogP contribution in [-0.4, -0.2) is 4.98 Å². The molecular weight excluding hydrogens is 677 g/mol. The number of anilines is 3. The van der Waals surface area contributed by atoms with Crippen LogP contribution in [0.3, 0.4) is 0 Å². The highest BCUT2D eigenvalue weighted by Crippen LogP contribution is 2.50. The maximum Gasteiger partial charge on any atom is 0.0551 e. The zero-order valence-electron chi connectivity index (χ0n) is 30.7. The van der Waals surface area contributed by atoms with E-state index in [9.17, 15) is 0 Å². The highest BCUT2D eigenvalue weighted by atomic mass is 15.1. The van der Waals surface area contributed by atoms with Crippen molar-refractivity contribution in [3.8, 4) is 66.9 Å². The highest BCUT2D eigenvalue weighted by molar-refractivity contribution is 6.21. The molecule has 11 rings (SSSR count). The average Bonchev–Trinajstić information content (AvgIpc) is 3.81. The van der Waals surface area contributed by atoms with Crippen molar-refractivity contribution < 1.29 is 0 Å². The minimum Gasteiger partial charge on any atom is -0.354 e. The number of aromatic nitrogens is 1. The normalized spacial score (nSPS) is 11.6. The molecule has 0 saturated carbocycles. The van der Waals surface area contributed by atoms with E-state index in [-0.39, 0.29) is 0 Å². The summed E-state index contributed by atoms with van der Waals surface area (Å²) in [5.74, 6) is 0. The van der Waals surface area contributed by atoms with Crippen molar-refractivity contribution in [3.05, 3.63) is 212 Å². The summed E-state index contributed by atoms with van der Waals surface area (Å²) < 4.78 is 0. The number of hydrogen-bond acceptors (Lipinski definition) is 1. The van der Waals surface area contributed by atoms with E-state index in [2.05, 4.69) is 222 Å². The second-order valence-electron chi connectivity index (χ2n) is 14.6. The molecule has 2 nitrogen and oxygen atoms in total. The van der Waals surface area contributed by atoms with E-state index in [1.165, 1.54) is 83.1 Å². The van der Waals surface area contributed by atoms with E-state index < -0.39 is 0 Å². The van der Waals surface area contributed by atoms with Gasteiger partial charge in [0.25, 0.3) is 0 Å². The van der Waals surface area contributed by atoms with Crippen LogP contribution in [0.2, 0.25) is 0 Å². The summed E-state index contributed by atoms with van der Waals surface area (Å²) in [5.41, 5.74) is 19.3. The monoisotopic (exact) mass is 712 g/mol. The third kappa shape index (κ3) is 5.42. The van der Waals surface area contributed by atoms with Gasteiger partial charge in [0.15, 0.2) is 0 Å². The number of fused-ring (bicyclic) bond motifs is 5. The summed E-state index contributed by atoms with van der Waals surface area (Å²) in [6.45, 7) is 0. The lowest BCUT2D eigenvalue weighted by atomic mass is 9.99. The Kier molecular flexibility index (Phi) is 7.53. The third-order valence-corrected chi connectivity index (χ3v) is 11.4. The fourth-order valence-corrected chi connectivity index (χ4v) is 8.59. The standard InChI is InChI=1S/C54H36N2/c1-3-9-36(10-4-1)38-17-19-39(20-18-38)41-23-30-46(31-24-41)56(45-28-21-40(22-29-45)37-11-5-2-6-12-37)47-32-25-42(26-33-47)44-27-34-48-51(35-44)55-54-50-16-8-14-43-13-7-15-49(52(43)50)53(48)54/h1-35,55H. The van der Waals surface area contributed by atoms with E-state index in [4.69, 9.17) is 0 Å². The number of rotatable bonds is 7. The number of aromatic amines is 1. The van der Waals surface area contributed by atoms with Gasteiger partial charge in [0.1, 0.15) is 0 Å². The second-order valence-corrected chi connectivity index (χ2v) is 14.6. The lowest BCUT2D eigenvalue weighted by molar-refractivity contribution is 1.28. The molecule has 2 heteroatoms. The van der Waals surface area contributed by atoms with Crippen molar-refractivity contribution in [3.63, 3.8) is 0 Å². The molecule has 1 aromatic heterocycles. The predicted molar refractivity (Wildman–Crippen MR) is 237 cm³/mol. The van der Waals surface area contributed by atoms with E-state index in [1.807, 2.05) is 0 Å². The molecule has 1 N–H and O–H groups in total. The van der Waals surface area contributed by atoms with Gasteiger partial charge >= 0.3 is 0 Å². The summed E-state index contributed by atoms with van der Waals surface area (Å²) in [4.78, 5) is 6.15. The third-order valence-electron chi connectivity index (χ3n) is 11.4. The van der Waals surface area contributed by atoms with Gasteiger partial charge in [-0.2, -0.15) is 0 Å². The lowest BCUT2D eigenvalue weighted by Crippen LogP contribution is -2.09. The zero-order valence-corrected chi connectivity index (χ0v) is 30.7. The van der Waals surface area contributed by atoms with E-state index in [1.54, 1.807) is 0 Å². The Hall–Kier alpha value is -7.42. The maximum atomic E-state index is 3.80. The van der Waals surface area contributed by atoms with Crippen LogP contribution in [-0.2, 0) is 0 Å². The smallest absolute Gasteiger partial charge is 0.0551 e. The number of nitrogens with zero attached hydrogens (tertiary/aromatic N) is 1. The molecule has 1 heterocycles. The Labute approximate surface area is 326 Å². The first-order chi connectivity index (χ1) is 27.7. The van der Waals surface area contributed by atoms with Gasteiger partial charge in [-0.3, -0.25) is 0 Å². The first-order valence-corrected chi connectivity index (χ1v) is 19.3. The van der Waals surface area contributed by atoms with Crippen LogP contribution in [0.5, 0.6) is 0 Å². The van der Waals surface area contributed by atoms with Gasteiger partial charge in [-0.1, -0.05) is 170 Å². The van der Waals surface area contributed by atoms with Crippen molar-refractivity contribution in [1.29, 1.82) is 0 Å². The molecule has 10 aromatic rings. The lowest BCUT2D eigenvalue weighted by Gasteiger charge is -2.26. The van der Waals surface area contributed by atoms with Crippen LogP contribution in [0.25, 0.3) is 88.6 Å². The van der Waals surface area contributed by atoms with Gasteiger partial charge in [-0.25, -0.2) is 0 Å². The highest BCUT2D eigenvalue weighted by Gasteiger charge is 2.25. The molecule has 0 fully saturated rings. The number of nitrogens with one attached hydrogen (secondary N) is 1. The topological polar surface area (TPSA) is 19.0 Å². The summed E-state index contributed by atoms with van der Waals surface area (Å²) in [6.07, 6.45) is 0. The Morgan fingerprint density at radius 1 is 0.321 bits per heavy atom. The van der Waals surface area contributed by atoms with Crippen LogP contribution in [0.1, 0.15) is 0 Å². The largest absolute Gasteiger partial charge is 0.354 e. The zero-order chi connectivity index (χ0) is 37.0. The minimum absolute atomic E-state index is 1.10. The average molecular weight is 713 g/mol. The first kappa shape index (κ1) is 32.0. The molecule has 262 valence electrons. The SMILES string of the molecule is c1ccc(-c2ccc(-c3ccc(N(c4ccc(-c5ccccc5)cc4)c4ccc(-c5ccc6c7c([nH]c6c5)-c5cccc6cccc-7c56)cc4)cc3)cc2)cc1. The molecule has 0 radical (unpaired) electrons. The quantitative estimate of drug-likeness (QED) is 0.174. The molecule has 0 atom stereocenters. The number of H-pyrrole nitrogens is 1. The van der Waals surface area contributed by atoms with Crippen molar-refractivity contribution in [2.24, 2.45) is 0 Å². The fourth-order valence-electron chi connectivity index (χ4n) is 8.59. The van der Waals surface area contributed by atoms with E-state index in [0.29, 0.717) is 0 Å². The summed E-state index contributed by atoms with van der Waals surface area (Å²) >= 11 is 0. The molecule has 0 saturated heterocycles. The first-order valence-electron chi connectivity index (χ1n) is 19.3. The van der Waals surface area contributed by atoms with Crippen LogP contribution in [0.15, 0.2) is 212 Å². The number of hydrogen-bond donors (Lipinski definition) is 1. The van der Waals surface area contributed by atoms with E-state index in [0.717, 1.165) is 22.6 Å². The van der Waals surface area contributed by atoms with Crippen molar-refractivity contribution >= 4 is 38.7 Å². The molecule has 9 aromatic carbocycles. The summed E-state index contributed by atoms with van der Waals surface area (Å²) in [6, 6.07) is 76.9. The van der Waals surface area contributed by atoms with Crippen molar-refractivity contribution in [1.82, 2.24) is 4.98 Å². The van der Waals surface area contributed by atoms with Gasteiger partial charge in [0, 0.05) is 39.1 Å². The van der Waals surface area contributed by atoms with Crippen LogP contribution < -0.4 is 4.90 Å². The molecule has 56 heavy (non-hydrogen) atoms. The van der Waals surface area contributed by atoms with Gasteiger partial charge < -0.3 is 9.88 Å². The summed E-state index contributed by atoms with van der Waals surface area (Å²) in [7, 11) is 0. The van der Waals surface area contributed by atoms with Gasteiger partial charge in [-0.05, 0) is 103 Å². The van der Waals surface area contributed by atoms with Crippen molar-refractivity contribution in [2.45, 2.75) is 0 Å². The predicted octanol–water partition coefficient (Wildman–Crippen LogP) is 15.1. The van der Waals surface area contributed by atoms with Crippen LogP contribution >= 0.6 is 0 Å². The molecular formula is C54H36N2. The van der Waals surface area contributed by atoms with Gasteiger partial charge in [0.2, 0.25) is 0 Å². The molecule has 1 aliphatic carbocycles. The molecule has 0 bridgehead atoms. The molecule has 0 aliphatic heterocycles. The fraction of sp³-hybridized carbons (Fsp3) is 0. The van der Waals surface area contributed by atoms with Gasteiger partial charge in [-0.15, -0.1) is 0 Å². The maximum absolute atomic E-state index is 3.80.